The Hall–Kier alpha value is -1.44. The number of fused-ring (bicyclic) bond motifs is 1. The highest BCUT2D eigenvalue weighted by molar-refractivity contribution is 5.91. The van der Waals surface area contributed by atoms with Crippen LogP contribution in [0.1, 0.15) is 22.5 Å². The Labute approximate surface area is 83.7 Å². The predicted octanol–water partition coefficient (Wildman–Crippen LogP) is 3.25. The second-order valence-electron chi connectivity index (χ2n) is 3.90. The fourth-order valence-electron chi connectivity index (χ4n) is 1.91. The molecule has 0 saturated heterocycles. The van der Waals surface area contributed by atoms with Gasteiger partial charge in [0, 0.05) is 16.6 Å². The lowest BCUT2D eigenvalue weighted by molar-refractivity contribution is 0.573. The summed E-state index contributed by atoms with van der Waals surface area (Å²) >= 11 is 0. The van der Waals surface area contributed by atoms with E-state index >= 15 is 0 Å². The summed E-state index contributed by atoms with van der Waals surface area (Å²) in [5, 5.41) is 1.22. The van der Waals surface area contributed by atoms with Crippen LogP contribution < -0.4 is 5.73 Å². The summed E-state index contributed by atoms with van der Waals surface area (Å²) in [6.45, 7) is 8.15. The van der Waals surface area contributed by atoms with Crippen LogP contribution in [0.4, 0.5) is 5.69 Å². The van der Waals surface area contributed by atoms with Crippen LogP contribution >= 0.6 is 0 Å². The minimum atomic E-state index is 0.809. The van der Waals surface area contributed by atoms with Crippen LogP contribution in [0, 0.1) is 27.7 Å². The van der Waals surface area contributed by atoms with Crippen LogP contribution in [-0.4, -0.2) is 0 Å². The molecule has 0 bridgehead atoms. The van der Waals surface area contributed by atoms with Crippen molar-refractivity contribution in [2.45, 2.75) is 27.7 Å². The highest BCUT2D eigenvalue weighted by Crippen LogP contribution is 2.32. The van der Waals surface area contributed by atoms with Crippen molar-refractivity contribution >= 4 is 16.7 Å². The van der Waals surface area contributed by atoms with Crippen molar-refractivity contribution in [1.82, 2.24) is 0 Å². The lowest BCUT2D eigenvalue weighted by Crippen LogP contribution is -1.91. The Morgan fingerprint density at radius 1 is 1.07 bits per heavy atom. The van der Waals surface area contributed by atoms with E-state index in [1.807, 2.05) is 19.9 Å². The lowest BCUT2D eigenvalue weighted by atomic mass is 10.0. The first-order valence-corrected chi connectivity index (χ1v) is 4.77. The van der Waals surface area contributed by atoms with Gasteiger partial charge in [-0.25, -0.2) is 0 Å². The van der Waals surface area contributed by atoms with Crippen molar-refractivity contribution in [3.63, 3.8) is 0 Å². The van der Waals surface area contributed by atoms with Gasteiger partial charge >= 0.3 is 0 Å². The van der Waals surface area contributed by atoms with Crippen LogP contribution in [-0.2, 0) is 0 Å². The minimum absolute atomic E-state index is 0.809. The van der Waals surface area contributed by atoms with Crippen molar-refractivity contribution in [1.29, 1.82) is 0 Å². The molecule has 1 aromatic heterocycles. The molecule has 0 radical (unpaired) electrons. The summed E-state index contributed by atoms with van der Waals surface area (Å²) in [5.41, 5.74) is 11.1. The Morgan fingerprint density at radius 3 is 2.36 bits per heavy atom. The first kappa shape index (κ1) is 9.13. The summed E-state index contributed by atoms with van der Waals surface area (Å²) in [5.74, 6) is 0.983. The molecule has 0 aliphatic heterocycles. The van der Waals surface area contributed by atoms with Gasteiger partial charge in [0.15, 0.2) is 0 Å². The third-order valence-corrected chi connectivity index (χ3v) is 2.93. The number of aryl methyl sites for hydroxylation is 4. The van der Waals surface area contributed by atoms with E-state index in [0.29, 0.717) is 0 Å². The van der Waals surface area contributed by atoms with Gasteiger partial charge in [0.05, 0.1) is 0 Å². The average molecular weight is 189 g/mol. The van der Waals surface area contributed by atoms with E-state index in [1.54, 1.807) is 0 Å². The number of benzene rings is 1. The molecule has 2 heteroatoms. The molecule has 0 fully saturated rings. The molecule has 74 valence electrons. The normalized spacial score (nSPS) is 11.1. The molecule has 0 saturated carbocycles. The lowest BCUT2D eigenvalue weighted by Gasteiger charge is -2.03. The van der Waals surface area contributed by atoms with Crippen molar-refractivity contribution in [2.24, 2.45) is 0 Å². The monoisotopic (exact) mass is 189 g/mol. The molecule has 0 unspecified atom stereocenters. The first-order chi connectivity index (χ1) is 6.52. The van der Waals surface area contributed by atoms with Gasteiger partial charge in [-0.15, -0.1) is 0 Å². The molecular weight excluding hydrogens is 174 g/mol. The van der Waals surface area contributed by atoms with E-state index in [0.717, 1.165) is 22.6 Å². The summed E-state index contributed by atoms with van der Waals surface area (Å²) < 4.78 is 5.71. The van der Waals surface area contributed by atoms with Gasteiger partial charge in [0.2, 0.25) is 0 Å². The number of anilines is 1. The van der Waals surface area contributed by atoms with Gasteiger partial charge < -0.3 is 10.2 Å². The van der Waals surface area contributed by atoms with Crippen molar-refractivity contribution < 1.29 is 4.42 Å². The number of hydrogen-bond acceptors (Lipinski definition) is 2. The Kier molecular flexibility index (Phi) is 1.81. The first-order valence-electron chi connectivity index (χ1n) is 4.77. The molecule has 2 N–H and O–H groups in total. The number of hydrogen-bond donors (Lipinski definition) is 1. The fourth-order valence-corrected chi connectivity index (χ4v) is 1.91. The number of rotatable bonds is 0. The van der Waals surface area contributed by atoms with E-state index in [1.165, 1.54) is 16.5 Å². The maximum absolute atomic E-state index is 5.89. The predicted molar refractivity (Wildman–Crippen MR) is 59.6 cm³/mol. The molecule has 0 aliphatic rings. The number of nitrogen functional groups attached to an aromatic ring is 1. The van der Waals surface area contributed by atoms with E-state index in [9.17, 15) is 0 Å². The zero-order valence-corrected chi connectivity index (χ0v) is 9.06. The number of nitrogens with two attached hydrogens (primary N) is 1. The zero-order chi connectivity index (χ0) is 10.5. The standard InChI is InChI=1S/C12H15NO/c1-6-5-10(13)8(3)12-11(6)7(2)9(4)14-12/h5H,13H2,1-4H3. The largest absolute Gasteiger partial charge is 0.461 e. The van der Waals surface area contributed by atoms with E-state index in [4.69, 9.17) is 10.2 Å². The molecule has 14 heavy (non-hydrogen) atoms. The second kappa shape index (κ2) is 2.77. The smallest absolute Gasteiger partial charge is 0.139 e. The molecule has 0 atom stereocenters. The highest BCUT2D eigenvalue weighted by Gasteiger charge is 2.13. The summed E-state index contributed by atoms with van der Waals surface area (Å²) in [6.07, 6.45) is 0. The van der Waals surface area contributed by atoms with Gasteiger partial charge in [0.25, 0.3) is 0 Å². The van der Waals surface area contributed by atoms with Crippen molar-refractivity contribution in [3.05, 3.63) is 28.5 Å². The van der Waals surface area contributed by atoms with E-state index in [-0.39, 0.29) is 0 Å². The van der Waals surface area contributed by atoms with E-state index in [2.05, 4.69) is 13.8 Å². The molecule has 2 aromatic rings. The van der Waals surface area contributed by atoms with Crippen LogP contribution in [0.25, 0.3) is 11.0 Å². The highest BCUT2D eigenvalue weighted by atomic mass is 16.3. The molecule has 1 heterocycles. The summed E-state index contributed by atoms with van der Waals surface area (Å²) in [4.78, 5) is 0. The van der Waals surface area contributed by atoms with Gasteiger partial charge in [0.1, 0.15) is 11.3 Å². The minimum Gasteiger partial charge on any atom is -0.461 e. The average Bonchev–Trinajstić information content (AvgIpc) is 2.40. The van der Waals surface area contributed by atoms with Crippen molar-refractivity contribution in [3.8, 4) is 0 Å². The third-order valence-electron chi connectivity index (χ3n) is 2.93. The maximum Gasteiger partial charge on any atom is 0.139 e. The molecule has 0 aliphatic carbocycles. The molecule has 2 rings (SSSR count). The summed E-state index contributed by atoms with van der Waals surface area (Å²) in [6, 6.07) is 2.01. The number of furan rings is 1. The van der Waals surface area contributed by atoms with Crippen molar-refractivity contribution in [2.75, 3.05) is 5.73 Å². The molecule has 2 nitrogen and oxygen atoms in total. The fraction of sp³-hybridized carbons (Fsp3) is 0.333. The van der Waals surface area contributed by atoms with Crippen LogP contribution in [0.15, 0.2) is 10.5 Å². The van der Waals surface area contributed by atoms with Gasteiger partial charge in [-0.05, 0) is 44.9 Å². The zero-order valence-electron chi connectivity index (χ0n) is 9.06. The SMILES string of the molecule is Cc1oc2c(C)c(N)cc(C)c2c1C. The van der Waals surface area contributed by atoms with Gasteiger partial charge in [-0.1, -0.05) is 0 Å². The summed E-state index contributed by atoms with van der Waals surface area (Å²) in [7, 11) is 0. The molecule has 0 amide bonds. The Morgan fingerprint density at radius 2 is 1.71 bits per heavy atom. The van der Waals surface area contributed by atoms with Crippen LogP contribution in [0.2, 0.25) is 0 Å². The van der Waals surface area contributed by atoms with Crippen LogP contribution in [0.5, 0.6) is 0 Å². The Bertz CT molecular complexity index is 509. The molecule has 0 spiro atoms. The topological polar surface area (TPSA) is 39.2 Å². The molecular formula is C12H15NO. The van der Waals surface area contributed by atoms with Gasteiger partial charge in [-0.2, -0.15) is 0 Å². The van der Waals surface area contributed by atoms with Gasteiger partial charge in [-0.3, -0.25) is 0 Å². The molecule has 1 aromatic carbocycles. The quantitative estimate of drug-likeness (QED) is 0.646. The Balaban J connectivity index is 3.02. The maximum atomic E-state index is 5.89. The van der Waals surface area contributed by atoms with Crippen LogP contribution in [0.3, 0.4) is 0 Å². The third kappa shape index (κ3) is 1.03. The van der Waals surface area contributed by atoms with E-state index < -0.39 is 0 Å². The second-order valence-corrected chi connectivity index (χ2v) is 3.90.